The molecule has 0 radical (unpaired) electrons. The fraction of sp³-hybridized carbons (Fsp3) is 0.615. The number of anilines is 1. The molecule has 102 valence electrons. The number of thioether (sulfide) groups is 1. The van der Waals surface area contributed by atoms with E-state index in [1.54, 1.807) is 18.3 Å². The van der Waals surface area contributed by atoms with Gasteiger partial charge in [0, 0.05) is 18.3 Å². The highest BCUT2D eigenvalue weighted by atomic mass is 32.2. The van der Waals surface area contributed by atoms with E-state index in [1.807, 2.05) is 23.2 Å². The van der Waals surface area contributed by atoms with Crippen molar-refractivity contribution < 1.29 is 4.79 Å². The van der Waals surface area contributed by atoms with Crippen LogP contribution < -0.4 is 10.6 Å². The lowest BCUT2D eigenvalue weighted by atomic mass is 10.2. The maximum atomic E-state index is 11.0. The van der Waals surface area contributed by atoms with Gasteiger partial charge >= 0.3 is 0 Å². The average molecular weight is 286 g/mol. The molecule has 5 heteroatoms. The minimum absolute atomic E-state index is 0.00767. The second kappa shape index (κ2) is 9.42. The summed E-state index contributed by atoms with van der Waals surface area (Å²) in [5, 5.41) is 8.30. The zero-order valence-electron chi connectivity index (χ0n) is 11.1. The molecule has 0 spiro atoms. The van der Waals surface area contributed by atoms with Crippen molar-refractivity contribution in [2.45, 2.75) is 32.7 Å². The number of amides is 1. The Balaban J connectivity index is 2.15. The van der Waals surface area contributed by atoms with Crippen molar-refractivity contribution in [3.63, 3.8) is 0 Å². The van der Waals surface area contributed by atoms with Crippen molar-refractivity contribution in [3.8, 4) is 0 Å². The average Bonchev–Trinajstić information content (AvgIpc) is 2.75. The number of nitrogens with one attached hydrogen (secondary N) is 2. The van der Waals surface area contributed by atoms with Gasteiger partial charge in [0.25, 0.3) is 0 Å². The molecule has 1 aromatic heterocycles. The predicted octanol–water partition coefficient (Wildman–Crippen LogP) is 3.33. The van der Waals surface area contributed by atoms with Gasteiger partial charge in [0.2, 0.25) is 5.91 Å². The van der Waals surface area contributed by atoms with Crippen LogP contribution in [0.2, 0.25) is 0 Å². The van der Waals surface area contributed by atoms with Crippen LogP contribution in [0.5, 0.6) is 0 Å². The summed E-state index contributed by atoms with van der Waals surface area (Å²) in [5.41, 5.74) is 0.947. The molecule has 0 bridgehead atoms. The van der Waals surface area contributed by atoms with Gasteiger partial charge in [-0.15, -0.1) is 11.3 Å². The van der Waals surface area contributed by atoms with Gasteiger partial charge in [0.05, 0.1) is 5.69 Å². The first-order valence-corrected chi connectivity index (χ1v) is 8.55. The van der Waals surface area contributed by atoms with Gasteiger partial charge in [0.1, 0.15) is 0 Å². The van der Waals surface area contributed by atoms with Crippen LogP contribution in [0.3, 0.4) is 0 Å². The summed E-state index contributed by atoms with van der Waals surface area (Å²) in [5.74, 6) is 1.25. The van der Waals surface area contributed by atoms with Crippen molar-refractivity contribution in [1.82, 2.24) is 5.32 Å². The Hall–Kier alpha value is -0.520. The summed E-state index contributed by atoms with van der Waals surface area (Å²) >= 11 is 3.60. The van der Waals surface area contributed by atoms with Crippen molar-refractivity contribution in [1.29, 1.82) is 0 Å². The maximum Gasteiger partial charge on any atom is 0.221 e. The Kier molecular flexibility index (Phi) is 8.13. The minimum Gasteiger partial charge on any atom is -0.325 e. The van der Waals surface area contributed by atoms with Gasteiger partial charge in [-0.1, -0.05) is 6.42 Å². The third kappa shape index (κ3) is 6.42. The number of unbranched alkanes of at least 4 members (excludes halogenated alkanes) is 2. The van der Waals surface area contributed by atoms with Gasteiger partial charge in [-0.25, -0.2) is 0 Å². The smallest absolute Gasteiger partial charge is 0.221 e. The molecule has 0 saturated carbocycles. The lowest BCUT2D eigenvalue weighted by molar-refractivity contribution is -0.114. The number of thiophene rings is 1. The Bertz CT molecular complexity index is 353. The molecule has 0 aliphatic carbocycles. The molecule has 0 fully saturated rings. The van der Waals surface area contributed by atoms with Crippen LogP contribution in [0.4, 0.5) is 5.69 Å². The quantitative estimate of drug-likeness (QED) is 0.684. The van der Waals surface area contributed by atoms with Crippen LogP contribution in [-0.4, -0.2) is 24.5 Å². The van der Waals surface area contributed by atoms with E-state index >= 15 is 0 Å². The van der Waals surface area contributed by atoms with Gasteiger partial charge in [0.15, 0.2) is 0 Å². The number of hydrogen-bond donors (Lipinski definition) is 2. The molecule has 0 aromatic carbocycles. The molecule has 2 N–H and O–H groups in total. The van der Waals surface area contributed by atoms with E-state index in [4.69, 9.17) is 0 Å². The van der Waals surface area contributed by atoms with Crippen LogP contribution in [0.25, 0.3) is 0 Å². The van der Waals surface area contributed by atoms with Crippen LogP contribution in [0, 0.1) is 0 Å². The topological polar surface area (TPSA) is 41.1 Å². The van der Waals surface area contributed by atoms with Crippen LogP contribution in [0.15, 0.2) is 11.4 Å². The second-order valence-corrected chi connectivity index (χ2v) is 6.16. The van der Waals surface area contributed by atoms with E-state index < -0.39 is 0 Å². The van der Waals surface area contributed by atoms with E-state index in [0.29, 0.717) is 0 Å². The van der Waals surface area contributed by atoms with E-state index in [2.05, 4.69) is 16.9 Å². The number of carbonyl (C=O) groups excluding carboxylic acids is 1. The van der Waals surface area contributed by atoms with Gasteiger partial charge in [-0.3, -0.25) is 4.79 Å². The maximum absolute atomic E-state index is 11.0. The molecule has 0 aliphatic heterocycles. The Morgan fingerprint density at radius 2 is 2.22 bits per heavy atom. The number of hydrogen-bond acceptors (Lipinski definition) is 4. The van der Waals surface area contributed by atoms with Gasteiger partial charge < -0.3 is 10.6 Å². The van der Waals surface area contributed by atoms with Crippen molar-refractivity contribution in [2.24, 2.45) is 0 Å². The summed E-state index contributed by atoms with van der Waals surface area (Å²) in [6.07, 6.45) is 5.97. The Labute approximate surface area is 118 Å². The van der Waals surface area contributed by atoms with Crippen LogP contribution in [-0.2, 0) is 11.3 Å². The largest absolute Gasteiger partial charge is 0.325 e. The summed E-state index contributed by atoms with van der Waals surface area (Å²) < 4.78 is 0. The third-order valence-electron chi connectivity index (χ3n) is 2.54. The van der Waals surface area contributed by atoms with Crippen LogP contribution >= 0.6 is 23.1 Å². The molecule has 0 atom stereocenters. The molecule has 1 amide bonds. The molecule has 1 aromatic rings. The highest BCUT2D eigenvalue weighted by Crippen LogP contribution is 2.21. The molecule has 3 nitrogen and oxygen atoms in total. The zero-order chi connectivity index (χ0) is 13.2. The summed E-state index contributed by atoms with van der Waals surface area (Å²) in [6, 6.07) is 1.96. The molecule has 18 heavy (non-hydrogen) atoms. The molecular weight excluding hydrogens is 264 g/mol. The van der Waals surface area contributed by atoms with Crippen molar-refractivity contribution >= 4 is 34.7 Å². The van der Waals surface area contributed by atoms with Crippen LogP contribution in [0.1, 0.15) is 31.1 Å². The van der Waals surface area contributed by atoms with Gasteiger partial charge in [-0.2, -0.15) is 11.8 Å². The SMILES string of the molecule is CSCCCCCNCc1sccc1NC(C)=O. The minimum atomic E-state index is -0.00767. The fourth-order valence-corrected chi connectivity index (χ4v) is 2.95. The summed E-state index contributed by atoms with van der Waals surface area (Å²) in [4.78, 5) is 12.2. The standard InChI is InChI=1S/C13H22N2OS2/c1-11(16)15-12-6-9-18-13(12)10-14-7-4-3-5-8-17-2/h6,9,14H,3-5,7-8,10H2,1-2H3,(H,15,16). The predicted molar refractivity (Wildman–Crippen MR) is 82.6 cm³/mol. The molecule has 1 heterocycles. The van der Waals surface area contributed by atoms with Crippen molar-refractivity contribution in [3.05, 3.63) is 16.3 Å². The summed E-state index contributed by atoms with van der Waals surface area (Å²) in [7, 11) is 0. The number of rotatable bonds is 9. The molecule has 0 saturated heterocycles. The first-order valence-electron chi connectivity index (χ1n) is 6.27. The zero-order valence-corrected chi connectivity index (χ0v) is 12.8. The highest BCUT2D eigenvalue weighted by Gasteiger charge is 2.04. The Morgan fingerprint density at radius 1 is 1.39 bits per heavy atom. The van der Waals surface area contributed by atoms with Crippen molar-refractivity contribution in [2.75, 3.05) is 23.9 Å². The Morgan fingerprint density at radius 3 is 2.94 bits per heavy atom. The molecule has 1 rings (SSSR count). The number of carbonyl (C=O) groups is 1. The third-order valence-corrected chi connectivity index (χ3v) is 4.16. The van der Waals surface area contributed by atoms with Gasteiger partial charge in [-0.05, 0) is 42.8 Å². The van der Waals surface area contributed by atoms with E-state index in [9.17, 15) is 4.79 Å². The van der Waals surface area contributed by atoms with E-state index in [-0.39, 0.29) is 5.91 Å². The fourth-order valence-electron chi connectivity index (χ4n) is 1.65. The monoisotopic (exact) mass is 286 g/mol. The van der Waals surface area contributed by atoms with E-state index in [0.717, 1.165) is 18.8 Å². The first kappa shape index (κ1) is 15.5. The van der Waals surface area contributed by atoms with E-state index in [1.165, 1.54) is 29.9 Å². The molecular formula is C13H22N2OS2. The normalized spacial score (nSPS) is 10.6. The first-order chi connectivity index (χ1) is 8.74. The highest BCUT2D eigenvalue weighted by molar-refractivity contribution is 7.98. The molecule has 0 aliphatic rings. The molecule has 0 unspecified atom stereocenters. The summed E-state index contributed by atoms with van der Waals surface area (Å²) in [6.45, 7) is 3.43. The second-order valence-electron chi connectivity index (χ2n) is 4.17. The lowest BCUT2D eigenvalue weighted by Gasteiger charge is -2.06. The lowest BCUT2D eigenvalue weighted by Crippen LogP contribution is -2.15.